The summed E-state index contributed by atoms with van der Waals surface area (Å²) in [6.45, 7) is 14.2. The first-order chi connectivity index (χ1) is 14.3. The summed E-state index contributed by atoms with van der Waals surface area (Å²) in [6.07, 6.45) is 0.340. The lowest BCUT2D eigenvalue weighted by atomic mass is 10.1. The molecule has 31 heavy (non-hydrogen) atoms. The second-order valence-corrected chi connectivity index (χ2v) is 9.29. The number of amides is 2. The average molecular weight is 434 g/mol. The molecular weight excluding hydrogens is 394 g/mol. The van der Waals surface area contributed by atoms with Crippen molar-refractivity contribution in [3.63, 3.8) is 0 Å². The van der Waals surface area contributed by atoms with Crippen molar-refractivity contribution in [2.24, 2.45) is 10.9 Å². The number of nitrogens with one attached hydrogen (secondary N) is 4. The van der Waals surface area contributed by atoms with E-state index in [1.165, 1.54) is 0 Å². The fraction of sp³-hybridized carbons (Fsp3) is 0.609. The lowest BCUT2D eigenvalue weighted by Crippen LogP contribution is -2.54. The van der Waals surface area contributed by atoms with Crippen molar-refractivity contribution in [1.29, 1.82) is 0 Å². The molecule has 1 unspecified atom stereocenters. The maximum atomic E-state index is 12.1. The fourth-order valence-electron chi connectivity index (χ4n) is 2.55. The zero-order valence-electron chi connectivity index (χ0n) is 20.2. The summed E-state index contributed by atoms with van der Waals surface area (Å²) in [7, 11) is 1.69. The van der Waals surface area contributed by atoms with Crippen molar-refractivity contribution in [1.82, 2.24) is 16.0 Å². The van der Waals surface area contributed by atoms with Crippen LogP contribution >= 0.6 is 0 Å². The number of anilines is 1. The van der Waals surface area contributed by atoms with E-state index in [9.17, 15) is 9.59 Å². The molecule has 0 radical (unpaired) electrons. The molecule has 0 saturated heterocycles. The molecule has 0 aliphatic rings. The lowest BCUT2D eigenvalue weighted by molar-refractivity contribution is -0.119. The van der Waals surface area contributed by atoms with Crippen molar-refractivity contribution in [3.8, 4) is 0 Å². The highest BCUT2D eigenvalue weighted by molar-refractivity contribution is 5.92. The van der Waals surface area contributed by atoms with E-state index in [0.717, 1.165) is 17.7 Å². The van der Waals surface area contributed by atoms with Gasteiger partial charge in [0.2, 0.25) is 5.91 Å². The van der Waals surface area contributed by atoms with Gasteiger partial charge < -0.3 is 26.0 Å². The van der Waals surface area contributed by atoms with Gasteiger partial charge in [-0.1, -0.05) is 26.0 Å². The van der Waals surface area contributed by atoms with Gasteiger partial charge in [0.15, 0.2) is 5.96 Å². The summed E-state index contributed by atoms with van der Waals surface area (Å²) in [5, 5.41) is 12.3. The molecule has 174 valence electrons. The minimum Gasteiger partial charge on any atom is -0.444 e. The Morgan fingerprint density at radius 3 is 2.39 bits per heavy atom. The molecule has 0 aliphatic carbocycles. The monoisotopic (exact) mass is 433 g/mol. The Labute approximate surface area is 186 Å². The Kier molecular flexibility index (Phi) is 9.81. The molecule has 1 rings (SSSR count). The van der Waals surface area contributed by atoms with E-state index in [-0.39, 0.29) is 11.8 Å². The van der Waals surface area contributed by atoms with Crippen molar-refractivity contribution in [2.75, 3.05) is 18.9 Å². The third-order valence-corrected chi connectivity index (χ3v) is 4.48. The summed E-state index contributed by atoms with van der Waals surface area (Å²) in [5.74, 6) is 0.598. The van der Waals surface area contributed by atoms with E-state index >= 15 is 0 Å². The molecule has 0 heterocycles. The summed E-state index contributed by atoms with van der Waals surface area (Å²) in [4.78, 5) is 28.4. The zero-order chi connectivity index (χ0) is 23.7. The van der Waals surface area contributed by atoms with Gasteiger partial charge in [-0.05, 0) is 58.7 Å². The van der Waals surface area contributed by atoms with Crippen LogP contribution in [0.3, 0.4) is 0 Å². The van der Waals surface area contributed by atoms with E-state index in [2.05, 4.69) is 26.3 Å². The number of nitrogens with zero attached hydrogens (tertiary/aromatic N) is 1. The lowest BCUT2D eigenvalue weighted by Gasteiger charge is -2.29. The molecule has 1 atom stereocenters. The molecular formula is C23H39N5O3. The predicted molar refractivity (Wildman–Crippen MR) is 126 cm³/mol. The Bertz CT molecular complexity index is 769. The average Bonchev–Trinajstić information content (AvgIpc) is 2.65. The molecule has 2 amide bonds. The molecule has 0 saturated carbocycles. The van der Waals surface area contributed by atoms with Crippen LogP contribution in [0.25, 0.3) is 0 Å². The first-order valence-electron chi connectivity index (χ1n) is 10.7. The van der Waals surface area contributed by atoms with Gasteiger partial charge in [-0.25, -0.2) is 4.79 Å². The second-order valence-electron chi connectivity index (χ2n) is 9.29. The highest BCUT2D eigenvalue weighted by atomic mass is 16.6. The highest BCUT2D eigenvalue weighted by Crippen LogP contribution is 2.13. The van der Waals surface area contributed by atoms with Crippen LogP contribution in [0.4, 0.5) is 10.5 Å². The van der Waals surface area contributed by atoms with E-state index in [1.807, 2.05) is 72.7 Å². The van der Waals surface area contributed by atoms with Gasteiger partial charge in [0.05, 0.1) is 5.54 Å². The summed E-state index contributed by atoms with van der Waals surface area (Å²) in [5.41, 5.74) is 0.694. The normalized spacial score (nSPS) is 13.2. The van der Waals surface area contributed by atoms with Crippen molar-refractivity contribution in [2.45, 2.75) is 72.6 Å². The fourth-order valence-corrected chi connectivity index (χ4v) is 2.55. The van der Waals surface area contributed by atoms with Crippen LogP contribution in [0.5, 0.6) is 0 Å². The topological polar surface area (TPSA) is 104 Å². The minimum atomic E-state index is -0.548. The number of benzene rings is 1. The van der Waals surface area contributed by atoms with Crippen LogP contribution in [-0.4, -0.2) is 42.7 Å². The number of ether oxygens (including phenoxy) is 1. The second kappa shape index (κ2) is 11.6. The van der Waals surface area contributed by atoms with Gasteiger partial charge in [-0.15, -0.1) is 0 Å². The quantitative estimate of drug-likeness (QED) is 0.370. The van der Waals surface area contributed by atoms with Crippen LogP contribution < -0.4 is 21.3 Å². The number of carbonyl (C=O) groups is 2. The minimum absolute atomic E-state index is 0.0183. The smallest absolute Gasteiger partial charge is 0.408 e. The molecule has 0 aliphatic heterocycles. The summed E-state index contributed by atoms with van der Waals surface area (Å²) < 4.78 is 5.32. The Balaban J connectivity index is 2.58. The summed E-state index contributed by atoms with van der Waals surface area (Å²) >= 11 is 0. The molecule has 8 heteroatoms. The van der Waals surface area contributed by atoms with Crippen LogP contribution in [0.15, 0.2) is 29.3 Å². The largest absolute Gasteiger partial charge is 0.444 e. The highest BCUT2D eigenvalue weighted by Gasteiger charge is 2.24. The van der Waals surface area contributed by atoms with Crippen LogP contribution in [-0.2, 0) is 16.1 Å². The molecule has 0 fully saturated rings. The number of guanidine groups is 1. The number of aliphatic imine (C=N–C) groups is 1. The van der Waals surface area contributed by atoms with Crippen molar-refractivity contribution in [3.05, 3.63) is 29.8 Å². The van der Waals surface area contributed by atoms with E-state index in [0.29, 0.717) is 19.0 Å². The van der Waals surface area contributed by atoms with Crippen LogP contribution in [0.2, 0.25) is 0 Å². The van der Waals surface area contributed by atoms with Crippen molar-refractivity contribution >= 4 is 23.6 Å². The Morgan fingerprint density at radius 2 is 1.81 bits per heavy atom. The Hall–Kier alpha value is -2.77. The standard InChI is InChI=1S/C23H39N5O3/c1-9-16(2)19(29)27-18-12-10-11-17(13-18)14-25-20(24-8)26-15-23(6,7)28-21(30)31-22(3,4)5/h10-13,16H,9,14-15H2,1-8H3,(H,27,29)(H,28,30)(H2,24,25,26). The van der Waals surface area contributed by atoms with Gasteiger partial charge in [0.1, 0.15) is 5.60 Å². The molecule has 8 nitrogen and oxygen atoms in total. The van der Waals surface area contributed by atoms with Crippen molar-refractivity contribution < 1.29 is 14.3 Å². The van der Waals surface area contributed by atoms with E-state index in [1.54, 1.807) is 7.05 Å². The van der Waals surface area contributed by atoms with Gasteiger partial charge in [-0.3, -0.25) is 9.79 Å². The number of hydrogen-bond donors (Lipinski definition) is 4. The first kappa shape index (κ1) is 26.3. The van der Waals surface area contributed by atoms with Crippen LogP contribution in [0, 0.1) is 5.92 Å². The molecule has 0 bridgehead atoms. The molecule has 0 spiro atoms. The third kappa shape index (κ3) is 10.7. The predicted octanol–water partition coefficient (Wildman–Crippen LogP) is 3.64. The molecule has 1 aromatic carbocycles. The number of alkyl carbamates (subject to hydrolysis) is 1. The first-order valence-corrected chi connectivity index (χ1v) is 10.7. The SMILES string of the molecule is CCC(C)C(=O)Nc1cccc(CNC(=NC)NCC(C)(C)NC(=O)OC(C)(C)C)c1. The number of hydrogen-bond acceptors (Lipinski definition) is 4. The molecule has 4 N–H and O–H groups in total. The Morgan fingerprint density at radius 1 is 1.13 bits per heavy atom. The van der Waals surface area contributed by atoms with Crippen LogP contribution in [0.1, 0.15) is 60.5 Å². The zero-order valence-corrected chi connectivity index (χ0v) is 20.2. The summed E-state index contributed by atoms with van der Waals surface area (Å²) in [6, 6.07) is 7.71. The number of rotatable bonds is 8. The maximum absolute atomic E-state index is 12.1. The molecule has 1 aromatic rings. The number of carbonyl (C=O) groups excluding carboxylic acids is 2. The maximum Gasteiger partial charge on any atom is 0.408 e. The van der Waals surface area contributed by atoms with Gasteiger partial charge in [0, 0.05) is 31.7 Å². The van der Waals surface area contributed by atoms with E-state index < -0.39 is 17.2 Å². The van der Waals surface area contributed by atoms with Gasteiger partial charge in [-0.2, -0.15) is 0 Å². The van der Waals surface area contributed by atoms with Gasteiger partial charge >= 0.3 is 6.09 Å². The van der Waals surface area contributed by atoms with E-state index in [4.69, 9.17) is 4.74 Å². The third-order valence-electron chi connectivity index (χ3n) is 4.48. The molecule has 0 aromatic heterocycles. The van der Waals surface area contributed by atoms with Gasteiger partial charge in [0.25, 0.3) is 0 Å².